The smallest absolute Gasteiger partial charge is 0.254 e. The second-order valence-electron chi connectivity index (χ2n) is 10.1. The summed E-state index contributed by atoms with van der Waals surface area (Å²) < 4.78 is 2.17. The first kappa shape index (κ1) is 24.4. The molecule has 0 bridgehead atoms. The van der Waals surface area contributed by atoms with Gasteiger partial charge in [0.25, 0.3) is 5.91 Å². The van der Waals surface area contributed by atoms with E-state index in [2.05, 4.69) is 29.4 Å². The Morgan fingerprint density at radius 1 is 0.974 bits per heavy atom. The molecule has 0 radical (unpaired) electrons. The maximum Gasteiger partial charge on any atom is 0.254 e. The number of carbonyl (C=O) groups excluding carboxylic acids is 1. The van der Waals surface area contributed by atoms with Crippen molar-refractivity contribution in [2.24, 2.45) is 0 Å². The molecule has 0 atom stereocenters. The Morgan fingerprint density at radius 2 is 1.71 bits per heavy atom. The first-order chi connectivity index (χ1) is 18.5. The van der Waals surface area contributed by atoms with Crippen molar-refractivity contribution in [1.29, 1.82) is 0 Å². The number of imidazole rings is 1. The molecule has 4 aromatic rings. The number of pyridine rings is 2. The molecule has 4 aromatic heterocycles. The van der Waals surface area contributed by atoms with E-state index >= 15 is 0 Å². The third-order valence-electron chi connectivity index (χ3n) is 7.67. The summed E-state index contributed by atoms with van der Waals surface area (Å²) in [6.07, 6.45) is 9.31. The van der Waals surface area contributed by atoms with Crippen LogP contribution >= 0.6 is 0 Å². The standard InChI is InChI=1S/C27H31N9O2/c28-26-31-16-19(17-32-26)18-34-14-8-27(38,9-15-34)25(37)35-12-6-20(7-13-35)36-23-22(5-3-11-30-23)33-24(36)21-4-1-2-10-29-21/h1-5,10-11,16-17,20,38H,6-9,12-15,18H2,(H2,28,31,32). The van der Waals surface area contributed by atoms with Crippen LogP contribution in [-0.4, -0.2) is 82.1 Å². The number of piperidine rings is 2. The molecule has 2 saturated heterocycles. The molecular weight excluding hydrogens is 482 g/mol. The lowest BCUT2D eigenvalue weighted by molar-refractivity contribution is -0.157. The molecular formula is C27H31N9O2. The Morgan fingerprint density at radius 3 is 2.42 bits per heavy atom. The summed E-state index contributed by atoms with van der Waals surface area (Å²) in [5, 5.41) is 11.3. The normalized spacial score (nSPS) is 18.6. The number of rotatable bonds is 5. The van der Waals surface area contributed by atoms with E-state index in [4.69, 9.17) is 10.7 Å². The number of anilines is 1. The van der Waals surface area contributed by atoms with Gasteiger partial charge in [-0.15, -0.1) is 0 Å². The van der Waals surface area contributed by atoms with Crippen molar-refractivity contribution < 1.29 is 9.90 Å². The molecule has 1 amide bonds. The molecule has 2 aliphatic heterocycles. The van der Waals surface area contributed by atoms with Crippen molar-refractivity contribution in [2.75, 3.05) is 31.9 Å². The fourth-order valence-corrected chi connectivity index (χ4v) is 5.57. The zero-order chi connectivity index (χ0) is 26.1. The maximum atomic E-state index is 13.5. The molecule has 2 aliphatic rings. The van der Waals surface area contributed by atoms with Crippen LogP contribution < -0.4 is 5.73 Å². The number of likely N-dealkylation sites (tertiary alicyclic amines) is 2. The Labute approximate surface area is 220 Å². The van der Waals surface area contributed by atoms with Gasteiger partial charge in [0, 0.05) is 69.1 Å². The van der Waals surface area contributed by atoms with E-state index in [1.54, 1.807) is 24.8 Å². The van der Waals surface area contributed by atoms with E-state index in [1.807, 2.05) is 35.2 Å². The maximum absolute atomic E-state index is 13.5. The summed E-state index contributed by atoms with van der Waals surface area (Å²) in [5.41, 5.74) is 7.67. The molecule has 38 heavy (non-hydrogen) atoms. The van der Waals surface area contributed by atoms with Gasteiger partial charge in [0.15, 0.2) is 11.5 Å². The van der Waals surface area contributed by atoms with Crippen LogP contribution in [0, 0.1) is 0 Å². The van der Waals surface area contributed by atoms with Crippen LogP contribution in [0.3, 0.4) is 0 Å². The molecule has 0 spiro atoms. The number of hydrogen-bond donors (Lipinski definition) is 2. The molecule has 6 heterocycles. The fraction of sp³-hybridized carbons (Fsp3) is 0.407. The summed E-state index contributed by atoms with van der Waals surface area (Å²) in [6.45, 7) is 3.08. The van der Waals surface area contributed by atoms with E-state index in [0.717, 1.165) is 41.1 Å². The van der Waals surface area contributed by atoms with Crippen LogP contribution in [-0.2, 0) is 11.3 Å². The molecule has 11 nitrogen and oxygen atoms in total. The van der Waals surface area contributed by atoms with Crippen molar-refractivity contribution in [3.05, 3.63) is 60.7 Å². The molecule has 0 unspecified atom stereocenters. The zero-order valence-corrected chi connectivity index (χ0v) is 21.1. The van der Waals surface area contributed by atoms with Crippen molar-refractivity contribution in [1.82, 2.24) is 39.3 Å². The van der Waals surface area contributed by atoms with Gasteiger partial charge in [0.05, 0.1) is 0 Å². The van der Waals surface area contributed by atoms with Gasteiger partial charge in [-0.05, 0) is 49.9 Å². The van der Waals surface area contributed by atoms with Crippen LogP contribution in [0.4, 0.5) is 5.95 Å². The predicted octanol–water partition coefficient (Wildman–Crippen LogP) is 2.06. The van der Waals surface area contributed by atoms with Crippen molar-refractivity contribution in [3.8, 4) is 11.5 Å². The summed E-state index contributed by atoms with van der Waals surface area (Å²) in [7, 11) is 0. The van der Waals surface area contributed by atoms with Crippen molar-refractivity contribution in [3.63, 3.8) is 0 Å². The number of nitrogen functional groups attached to an aromatic ring is 1. The molecule has 0 aromatic carbocycles. The average molecular weight is 514 g/mol. The number of aromatic nitrogens is 6. The summed E-state index contributed by atoms with van der Waals surface area (Å²) in [5.74, 6) is 0.883. The number of carbonyl (C=O) groups is 1. The number of amides is 1. The zero-order valence-electron chi connectivity index (χ0n) is 21.1. The number of fused-ring (bicyclic) bond motifs is 1. The second-order valence-corrected chi connectivity index (χ2v) is 10.1. The fourth-order valence-electron chi connectivity index (χ4n) is 5.57. The summed E-state index contributed by atoms with van der Waals surface area (Å²) in [4.78, 5) is 39.6. The first-order valence-corrected chi connectivity index (χ1v) is 13.0. The Balaban J connectivity index is 1.12. The molecule has 3 N–H and O–H groups in total. The minimum Gasteiger partial charge on any atom is -0.380 e. The van der Waals surface area contributed by atoms with Crippen LogP contribution in [0.2, 0.25) is 0 Å². The first-order valence-electron chi connectivity index (χ1n) is 13.0. The predicted molar refractivity (Wildman–Crippen MR) is 142 cm³/mol. The lowest BCUT2D eigenvalue weighted by atomic mass is 9.88. The third-order valence-corrected chi connectivity index (χ3v) is 7.67. The SMILES string of the molecule is Nc1ncc(CN2CCC(O)(C(=O)N3CCC(n4c(-c5ccccn5)nc5cccnc54)CC3)CC2)cn1. The molecule has 0 aliphatic carbocycles. The number of aliphatic hydroxyl groups is 1. The Hall–Kier alpha value is -3.96. The van der Waals surface area contributed by atoms with Gasteiger partial charge in [-0.2, -0.15) is 0 Å². The lowest BCUT2D eigenvalue weighted by Crippen LogP contribution is -2.56. The molecule has 11 heteroatoms. The highest BCUT2D eigenvalue weighted by Gasteiger charge is 2.43. The van der Waals surface area contributed by atoms with E-state index in [9.17, 15) is 9.90 Å². The van der Waals surface area contributed by atoms with Gasteiger partial charge < -0.3 is 20.3 Å². The number of hydrogen-bond acceptors (Lipinski definition) is 9. The van der Waals surface area contributed by atoms with Gasteiger partial charge in [-0.3, -0.25) is 14.7 Å². The largest absolute Gasteiger partial charge is 0.380 e. The number of nitrogens with zero attached hydrogens (tertiary/aromatic N) is 8. The molecule has 2 fully saturated rings. The molecule has 196 valence electrons. The molecule has 0 saturated carbocycles. The van der Waals surface area contributed by atoms with Gasteiger partial charge in [-0.25, -0.2) is 19.9 Å². The average Bonchev–Trinajstić information content (AvgIpc) is 3.35. The topological polar surface area (TPSA) is 139 Å². The van der Waals surface area contributed by atoms with Gasteiger partial charge in [0.1, 0.15) is 16.8 Å². The van der Waals surface area contributed by atoms with Gasteiger partial charge >= 0.3 is 0 Å². The van der Waals surface area contributed by atoms with Crippen LogP contribution in [0.15, 0.2) is 55.1 Å². The van der Waals surface area contributed by atoms with E-state index in [-0.39, 0.29) is 17.9 Å². The Kier molecular flexibility index (Phi) is 6.46. The minimum absolute atomic E-state index is 0.134. The monoisotopic (exact) mass is 513 g/mol. The second kappa shape index (κ2) is 10.1. The van der Waals surface area contributed by atoms with E-state index < -0.39 is 5.60 Å². The quantitative estimate of drug-likeness (QED) is 0.410. The highest BCUT2D eigenvalue weighted by Crippen LogP contribution is 2.33. The number of nitrogens with two attached hydrogens (primary N) is 1. The van der Waals surface area contributed by atoms with E-state index in [1.165, 1.54) is 0 Å². The van der Waals surface area contributed by atoms with Crippen molar-refractivity contribution >= 4 is 23.0 Å². The van der Waals surface area contributed by atoms with Gasteiger partial charge in [0.2, 0.25) is 5.95 Å². The van der Waals surface area contributed by atoms with Crippen LogP contribution in [0.5, 0.6) is 0 Å². The summed E-state index contributed by atoms with van der Waals surface area (Å²) >= 11 is 0. The van der Waals surface area contributed by atoms with E-state index in [0.29, 0.717) is 45.6 Å². The van der Waals surface area contributed by atoms with Crippen molar-refractivity contribution in [2.45, 2.75) is 43.9 Å². The van der Waals surface area contributed by atoms with Crippen LogP contribution in [0.25, 0.3) is 22.7 Å². The minimum atomic E-state index is -1.33. The van der Waals surface area contributed by atoms with Gasteiger partial charge in [-0.1, -0.05) is 6.07 Å². The summed E-state index contributed by atoms with van der Waals surface area (Å²) in [6, 6.07) is 9.79. The highest BCUT2D eigenvalue weighted by atomic mass is 16.3. The van der Waals surface area contributed by atoms with Crippen LogP contribution in [0.1, 0.15) is 37.3 Å². The molecule has 6 rings (SSSR count). The Bertz CT molecular complexity index is 1410. The lowest BCUT2D eigenvalue weighted by Gasteiger charge is -2.42. The third kappa shape index (κ3) is 4.70. The highest BCUT2D eigenvalue weighted by molar-refractivity contribution is 5.85.